The van der Waals surface area contributed by atoms with E-state index in [1.807, 2.05) is 0 Å². The summed E-state index contributed by atoms with van der Waals surface area (Å²) in [5, 5.41) is 2.89. The molecule has 1 aromatic rings. The van der Waals surface area contributed by atoms with Crippen molar-refractivity contribution in [1.82, 2.24) is 14.9 Å². The number of hydrogen-bond donors (Lipinski definition) is 2. The second-order valence-electron chi connectivity index (χ2n) is 7.65. The van der Waals surface area contributed by atoms with Crippen molar-refractivity contribution < 1.29 is 13.2 Å². The Balaban J connectivity index is 1.80. The summed E-state index contributed by atoms with van der Waals surface area (Å²) in [6.45, 7) is 8.67. The van der Waals surface area contributed by atoms with E-state index in [0.29, 0.717) is 18.2 Å². The van der Waals surface area contributed by atoms with Crippen LogP contribution in [0.25, 0.3) is 0 Å². The molecule has 2 rings (SSSR count). The molecule has 1 aromatic carbocycles. The third-order valence-corrected chi connectivity index (χ3v) is 6.55. The third-order valence-electron chi connectivity index (χ3n) is 4.90. The number of sulfonamides is 1. The van der Waals surface area contributed by atoms with Crippen molar-refractivity contribution in [2.75, 3.05) is 19.6 Å². The van der Waals surface area contributed by atoms with Crippen LogP contribution in [0.15, 0.2) is 29.2 Å². The van der Waals surface area contributed by atoms with Crippen molar-refractivity contribution in [3.8, 4) is 0 Å². The summed E-state index contributed by atoms with van der Waals surface area (Å²) in [6, 6.07) is 6.63. The molecule has 27 heavy (non-hydrogen) atoms. The van der Waals surface area contributed by atoms with Crippen LogP contribution in [-0.2, 0) is 10.0 Å². The van der Waals surface area contributed by atoms with Crippen molar-refractivity contribution in [2.24, 2.45) is 0 Å². The molecular formula is C20H33N3O3S. The fourth-order valence-electron chi connectivity index (χ4n) is 3.42. The summed E-state index contributed by atoms with van der Waals surface area (Å²) in [4.78, 5) is 15.0. The fourth-order valence-corrected chi connectivity index (χ4v) is 4.71. The maximum atomic E-state index is 12.3. The van der Waals surface area contributed by atoms with Gasteiger partial charge in [0.15, 0.2) is 0 Å². The first kappa shape index (κ1) is 21.9. The average molecular weight is 396 g/mol. The zero-order chi connectivity index (χ0) is 19.9. The standard InChI is InChI=1S/C20H33N3O3S/c1-16(2)22-27(25,26)19-11-8-10-18(15-19)20(24)21-12-5-7-14-23-13-6-4-9-17(23)3/h8,10-11,15-17,22H,4-7,9,12-14H2,1-3H3,(H,21,24). The van der Waals surface area contributed by atoms with Gasteiger partial charge >= 0.3 is 0 Å². The predicted molar refractivity (Wildman–Crippen MR) is 108 cm³/mol. The maximum Gasteiger partial charge on any atom is 0.251 e. The van der Waals surface area contributed by atoms with E-state index < -0.39 is 10.0 Å². The minimum Gasteiger partial charge on any atom is -0.352 e. The molecular weight excluding hydrogens is 362 g/mol. The number of benzene rings is 1. The van der Waals surface area contributed by atoms with E-state index >= 15 is 0 Å². The molecule has 0 aromatic heterocycles. The van der Waals surface area contributed by atoms with Gasteiger partial charge in [-0.05, 0) is 77.7 Å². The van der Waals surface area contributed by atoms with Gasteiger partial charge in [-0.15, -0.1) is 0 Å². The molecule has 1 aliphatic rings. The molecule has 0 spiro atoms. The number of carbonyl (C=O) groups excluding carboxylic acids is 1. The Labute approximate surface area is 163 Å². The van der Waals surface area contributed by atoms with E-state index in [1.165, 1.54) is 37.9 Å². The highest BCUT2D eigenvalue weighted by atomic mass is 32.2. The Hall–Kier alpha value is -1.44. The SMILES string of the molecule is CC(C)NS(=O)(=O)c1cccc(C(=O)NCCCCN2CCCCC2C)c1. The Morgan fingerprint density at radius 1 is 1.26 bits per heavy atom. The lowest BCUT2D eigenvalue weighted by Gasteiger charge is -2.33. The maximum absolute atomic E-state index is 12.3. The molecule has 0 radical (unpaired) electrons. The quantitative estimate of drug-likeness (QED) is 0.630. The zero-order valence-electron chi connectivity index (χ0n) is 16.7. The van der Waals surface area contributed by atoms with Crippen molar-refractivity contribution in [3.63, 3.8) is 0 Å². The van der Waals surface area contributed by atoms with Gasteiger partial charge in [-0.3, -0.25) is 4.79 Å². The zero-order valence-corrected chi connectivity index (χ0v) is 17.5. The number of likely N-dealkylation sites (tertiary alicyclic amines) is 1. The number of carbonyl (C=O) groups is 1. The van der Waals surface area contributed by atoms with Crippen LogP contribution in [-0.4, -0.2) is 50.9 Å². The lowest BCUT2D eigenvalue weighted by molar-refractivity contribution is 0.0951. The lowest BCUT2D eigenvalue weighted by Crippen LogP contribution is -2.38. The average Bonchev–Trinajstić information content (AvgIpc) is 2.62. The first-order chi connectivity index (χ1) is 12.8. The van der Waals surface area contributed by atoms with Gasteiger partial charge in [0.25, 0.3) is 5.91 Å². The number of nitrogens with zero attached hydrogens (tertiary/aromatic N) is 1. The van der Waals surface area contributed by atoms with Crippen LogP contribution in [0.3, 0.4) is 0 Å². The topological polar surface area (TPSA) is 78.5 Å². The molecule has 1 amide bonds. The van der Waals surface area contributed by atoms with E-state index in [-0.39, 0.29) is 16.8 Å². The van der Waals surface area contributed by atoms with Crippen molar-refractivity contribution in [2.45, 2.75) is 69.9 Å². The lowest BCUT2D eigenvalue weighted by atomic mass is 10.0. The van der Waals surface area contributed by atoms with E-state index in [4.69, 9.17) is 0 Å². The van der Waals surface area contributed by atoms with Crippen molar-refractivity contribution in [3.05, 3.63) is 29.8 Å². The highest BCUT2D eigenvalue weighted by Crippen LogP contribution is 2.16. The van der Waals surface area contributed by atoms with E-state index in [0.717, 1.165) is 19.4 Å². The van der Waals surface area contributed by atoms with Gasteiger partial charge in [0, 0.05) is 24.2 Å². The number of hydrogen-bond acceptors (Lipinski definition) is 4. The summed E-state index contributed by atoms with van der Waals surface area (Å²) in [6.07, 6.45) is 5.86. The normalized spacial score (nSPS) is 18.6. The summed E-state index contributed by atoms with van der Waals surface area (Å²) >= 11 is 0. The number of nitrogens with one attached hydrogen (secondary N) is 2. The minimum absolute atomic E-state index is 0.114. The Morgan fingerprint density at radius 3 is 2.74 bits per heavy atom. The predicted octanol–water partition coefficient (Wildman–Crippen LogP) is 2.76. The van der Waals surface area contributed by atoms with Crippen molar-refractivity contribution >= 4 is 15.9 Å². The van der Waals surface area contributed by atoms with Crippen LogP contribution in [0.2, 0.25) is 0 Å². The Kier molecular flexibility index (Phi) is 8.26. The molecule has 1 fully saturated rings. The minimum atomic E-state index is -3.60. The number of unbranched alkanes of at least 4 members (excludes halogenated alkanes) is 1. The van der Waals surface area contributed by atoms with Crippen LogP contribution < -0.4 is 10.0 Å². The monoisotopic (exact) mass is 395 g/mol. The molecule has 1 heterocycles. The third kappa shape index (κ3) is 6.90. The highest BCUT2D eigenvalue weighted by molar-refractivity contribution is 7.89. The largest absolute Gasteiger partial charge is 0.352 e. The highest BCUT2D eigenvalue weighted by Gasteiger charge is 2.18. The van der Waals surface area contributed by atoms with E-state index in [1.54, 1.807) is 26.0 Å². The molecule has 2 N–H and O–H groups in total. The molecule has 1 unspecified atom stereocenters. The van der Waals surface area contributed by atoms with Gasteiger partial charge in [-0.1, -0.05) is 12.5 Å². The number of piperidine rings is 1. The first-order valence-corrected chi connectivity index (χ1v) is 11.4. The first-order valence-electron chi connectivity index (χ1n) is 9.94. The van der Waals surface area contributed by atoms with Crippen LogP contribution in [0.1, 0.15) is 63.2 Å². The second kappa shape index (κ2) is 10.2. The molecule has 0 bridgehead atoms. The molecule has 152 valence electrons. The fraction of sp³-hybridized carbons (Fsp3) is 0.650. The molecule has 1 atom stereocenters. The number of amides is 1. The molecule has 6 nitrogen and oxygen atoms in total. The summed E-state index contributed by atoms with van der Waals surface area (Å²) in [5.74, 6) is -0.233. The van der Waals surface area contributed by atoms with Crippen LogP contribution in [0, 0.1) is 0 Å². The van der Waals surface area contributed by atoms with Gasteiger partial charge in [-0.2, -0.15) is 0 Å². The molecule has 1 saturated heterocycles. The molecule has 0 saturated carbocycles. The van der Waals surface area contributed by atoms with Crippen LogP contribution in [0.4, 0.5) is 0 Å². The Morgan fingerprint density at radius 2 is 2.04 bits per heavy atom. The van der Waals surface area contributed by atoms with Gasteiger partial charge in [0.05, 0.1) is 4.90 Å². The van der Waals surface area contributed by atoms with Crippen LogP contribution >= 0.6 is 0 Å². The molecule has 7 heteroatoms. The van der Waals surface area contributed by atoms with E-state index in [2.05, 4.69) is 21.9 Å². The van der Waals surface area contributed by atoms with Crippen LogP contribution in [0.5, 0.6) is 0 Å². The summed E-state index contributed by atoms with van der Waals surface area (Å²) in [7, 11) is -3.60. The Bertz CT molecular complexity index is 719. The van der Waals surface area contributed by atoms with Crippen molar-refractivity contribution in [1.29, 1.82) is 0 Å². The van der Waals surface area contributed by atoms with Gasteiger partial charge in [-0.25, -0.2) is 13.1 Å². The van der Waals surface area contributed by atoms with E-state index in [9.17, 15) is 13.2 Å². The molecule has 1 aliphatic heterocycles. The summed E-state index contributed by atoms with van der Waals surface area (Å²) < 4.78 is 27.0. The summed E-state index contributed by atoms with van der Waals surface area (Å²) in [5.41, 5.74) is 0.367. The van der Waals surface area contributed by atoms with Gasteiger partial charge < -0.3 is 10.2 Å². The van der Waals surface area contributed by atoms with Gasteiger partial charge in [0.1, 0.15) is 0 Å². The second-order valence-corrected chi connectivity index (χ2v) is 9.36. The van der Waals surface area contributed by atoms with Gasteiger partial charge in [0.2, 0.25) is 10.0 Å². The number of rotatable bonds is 9. The smallest absolute Gasteiger partial charge is 0.251 e. The molecule has 0 aliphatic carbocycles.